The molecule has 3 heterocycles. The van der Waals surface area contributed by atoms with E-state index in [-0.39, 0.29) is 23.6 Å². The molecule has 1 aliphatic rings. The summed E-state index contributed by atoms with van der Waals surface area (Å²) in [5.41, 5.74) is 0.920. The van der Waals surface area contributed by atoms with E-state index in [1.54, 1.807) is 19.1 Å². The zero-order valence-electron chi connectivity index (χ0n) is 15.9. The van der Waals surface area contributed by atoms with Crippen molar-refractivity contribution in [1.82, 2.24) is 19.5 Å². The van der Waals surface area contributed by atoms with Crippen LogP contribution in [0.25, 0.3) is 4.96 Å². The van der Waals surface area contributed by atoms with Crippen molar-refractivity contribution in [1.29, 1.82) is 0 Å². The number of nitrogens with one attached hydrogen (secondary N) is 1. The normalized spacial score (nSPS) is 16.6. The van der Waals surface area contributed by atoms with E-state index in [0.717, 1.165) is 23.5 Å². The first-order chi connectivity index (χ1) is 13.5. The van der Waals surface area contributed by atoms with Gasteiger partial charge >= 0.3 is 0 Å². The molecule has 0 radical (unpaired) electrons. The lowest BCUT2D eigenvalue weighted by molar-refractivity contribution is -0.929. The van der Waals surface area contributed by atoms with E-state index in [9.17, 15) is 14.3 Å². The molecule has 7 nitrogen and oxygen atoms in total. The zero-order valence-corrected chi connectivity index (χ0v) is 16.7. The molecular weight excluding hydrogens is 381 g/mol. The Hall–Kier alpha value is -2.52. The lowest BCUT2D eigenvalue weighted by Crippen LogP contribution is -3.15. The molecule has 2 N–H and O–H groups in total. The number of carbonyl (C=O) groups is 1. The molecule has 0 unspecified atom stereocenters. The molecule has 148 valence electrons. The van der Waals surface area contributed by atoms with Crippen LogP contribution in [-0.4, -0.2) is 56.7 Å². The Balaban J connectivity index is 1.73. The Kier molecular flexibility index (Phi) is 5.03. The van der Waals surface area contributed by atoms with Crippen molar-refractivity contribution in [3.05, 3.63) is 46.3 Å². The molecule has 0 bridgehead atoms. The Labute approximate surface area is 166 Å². The number of aryl methyl sites for hydroxylation is 1. The number of carbonyl (C=O) groups excluding carboxylic acids is 1. The van der Waals surface area contributed by atoms with Gasteiger partial charge in [0.05, 0.1) is 26.2 Å². The van der Waals surface area contributed by atoms with Crippen molar-refractivity contribution < 1.29 is 19.2 Å². The first-order valence-corrected chi connectivity index (χ1v) is 10.2. The molecule has 28 heavy (non-hydrogen) atoms. The summed E-state index contributed by atoms with van der Waals surface area (Å²) in [5.74, 6) is 0.557. The number of piperazine rings is 1. The quantitative estimate of drug-likeness (QED) is 0.681. The molecule has 1 amide bonds. The number of nitrogens with zero attached hydrogens (tertiary/aromatic N) is 4. The number of amides is 1. The van der Waals surface area contributed by atoms with Gasteiger partial charge in [0.25, 0.3) is 0 Å². The van der Waals surface area contributed by atoms with E-state index in [1.807, 2.05) is 11.8 Å². The van der Waals surface area contributed by atoms with Gasteiger partial charge in [-0.3, -0.25) is 4.79 Å². The Morgan fingerprint density at radius 2 is 2.00 bits per heavy atom. The average Bonchev–Trinajstić information content (AvgIpc) is 3.23. The second kappa shape index (κ2) is 7.48. The molecule has 4 rings (SSSR count). The second-order valence-corrected chi connectivity index (χ2v) is 8.02. The van der Waals surface area contributed by atoms with Crippen molar-refractivity contribution in [3.63, 3.8) is 0 Å². The fourth-order valence-electron chi connectivity index (χ4n) is 3.75. The van der Waals surface area contributed by atoms with Gasteiger partial charge in [0, 0.05) is 18.9 Å². The molecule has 1 saturated heterocycles. The number of rotatable bonds is 4. The Morgan fingerprint density at radius 1 is 1.32 bits per heavy atom. The third-order valence-electron chi connectivity index (χ3n) is 5.28. The van der Waals surface area contributed by atoms with E-state index < -0.39 is 0 Å². The maximum absolute atomic E-state index is 13.5. The van der Waals surface area contributed by atoms with Crippen molar-refractivity contribution in [2.75, 3.05) is 26.2 Å². The molecule has 2 aromatic heterocycles. The number of aromatic hydroxyl groups is 1. The minimum atomic E-state index is -0.293. The molecule has 3 aromatic rings. The number of benzene rings is 1. The predicted molar refractivity (Wildman–Crippen MR) is 103 cm³/mol. The van der Waals surface area contributed by atoms with E-state index in [0.29, 0.717) is 30.3 Å². The van der Waals surface area contributed by atoms with Gasteiger partial charge in [-0.25, -0.2) is 9.37 Å². The summed E-state index contributed by atoms with van der Waals surface area (Å²) in [5, 5.41) is 15.2. The fourth-order valence-corrected chi connectivity index (χ4v) is 4.91. The van der Waals surface area contributed by atoms with Crippen LogP contribution in [0, 0.1) is 5.82 Å². The van der Waals surface area contributed by atoms with Crippen LogP contribution in [0.15, 0.2) is 24.3 Å². The minimum Gasteiger partial charge on any atom is -0.492 e. The minimum absolute atomic E-state index is 0.0751. The maximum atomic E-state index is 13.5. The summed E-state index contributed by atoms with van der Waals surface area (Å²) in [6.07, 6.45) is 0.697. The van der Waals surface area contributed by atoms with Crippen LogP contribution in [0.3, 0.4) is 0 Å². The molecule has 1 atom stereocenters. The summed E-state index contributed by atoms with van der Waals surface area (Å²) in [6, 6.07) is 6.23. The molecular formula is C19H23FN5O2S+. The van der Waals surface area contributed by atoms with Crippen LogP contribution in [0.5, 0.6) is 5.88 Å². The van der Waals surface area contributed by atoms with E-state index in [4.69, 9.17) is 0 Å². The highest BCUT2D eigenvalue weighted by Crippen LogP contribution is 2.35. The summed E-state index contributed by atoms with van der Waals surface area (Å²) in [6.45, 7) is 6.36. The molecule has 0 spiro atoms. The molecule has 0 saturated carbocycles. The van der Waals surface area contributed by atoms with Crippen LogP contribution in [0.4, 0.5) is 4.39 Å². The van der Waals surface area contributed by atoms with Gasteiger partial charge in [0.15, 0.2) is 11.9 Å². The monoisotopic (exact) mass is 404 g/mol. The Bertz CT molecular complexity index is 992. The summed E-state index contributed by atoms with van der Waals surface area (Å²) < 4.78 is 15.0. The number of hydrogen-bond donors (Lipinski definition) is 2. The van der Waals surface area contributed by atoms with Gasteiger partial charge in [-0.2, -0.15) is 4.52 Å². The summed E-state index contributed by atoms with van der Waals surface area (Å²) in [4.78, 5) is 20.6. The first kappa shape index (κ1) is 18.8. The van der Waals surface area contributed by atoms with Gasteiger partial charge in [0.1, 0.15) is 10.7 Å². The van der Waals surface area contributed by atoms with Gasteiger partial charge in [0.2, 0.25) is 16.7 Å². The number of hydrogen-bond acceptors (Lipinski definition) is 5. The zero-order chi connectivity index (χ0) is 19.8. The van der Waals surface area contributed by atoms with Crippen molar-refractivity contribution in [2.45, 2.75) is 26.3 Å². The third kappa shape index (κ3) is 3.35. The summed E-state index contributed by atoms with van der Waals surface area (Å²) >= 11 is 1.41. The van der Waals surface area contributed by atoms with Crippen molar-refractivity contribution in [2.24, 2.45) is 0 Å². The highest BCUT2D eigenvalue weighted by molar-refractivity contribution is 7.17. The van der Waals surface area contributed by atoms with Crippen LogP contribution >= 0.6 is 11.3 Å². The molecule has 1 aromatic carbocycles. The number of halogens is 1. The molecule has 1 aliphatic heterocycles. The number of quaternary nitrogens is 1. The summed E-state index contributed by atoms with van der Waals surface area (Å²) in [7, 11) is 0. The molecule has 1 fully saturated rings. The van der Waals surface area contributed by atoms with Gasteiger partial charge < -0.3 is 14.9 Å². The second-order valence-electron chi connectivity index (χ2n) is 7.01. The largest absolute Gasteiger partial charge is 0.492 e. The third-order valence-corrected chi connectivity index (χ3v) is 6.37. The van der Waals surface area contributed by atoms with Crippen LogP contribution < -0.4 is 4.90 Å². The fraction of sp³-hybridized carbons (Fsp3) is 0.421. The predicted octanol–water partition coefficient (Wildman–Crippen LogP) is 1.03. The van der Waals surface area contributed by atoms with Gasteiger partial charge in [-0.05, 0) is 24.3 Å². The average molecular weight is 404 g/mol. The van der Waals surface area contributed by atoms with E-state index in [1.165, 1.54) is 32.9 Å². The van der Waals surface area contributed by atoms with E-state index >= 15 is 0 Å². The lowest BCUT2D eigenvalue weighted by Gasteiger charge is -2.36. The van der Waals surface area contributed by atoms with E-state index in [2.05, 4.69) is 10.1 Å². The Morgan fingerprint density at radius 3 is 2.57 bits per heavy atom. The lowest BCUT2D eigenvalue weighted by atomic mass is 10.0. The first-order valence-electron chi connectivity index (χ1n) is 9.40. The van der Waals surface area contributed by atoms with Crippen molar-refractivity contribution >= 4 is 22.2 Å². The van der Waals surface area contributed by atoms with Crippen LogP contribution in [0.2, 0.25) is 0 Å². The number of thiazole rings is 1. The van der Waals surface area contributed by atoms with Crippen LogP contribution in [-0.2, 0) is 11.2 Å². The van der Waals surface area contributed by atoms with Crippen molar-refractivity contribution in [3.8, 4) is 5.88 Å². The number of fused-ring (bicyclic) bond motifs is 1. The smallest absolute Gasteiger partial charge is 0.235 e. The van der Waals surface area contributed by atoms with Gasteiger partial charge in [-0.1, -0.05) is 18.3 Å². The maximum Gasteiger partial charge on any atom is 0.235 e. The highest BCUT2D eigenvalue weighted by Gasteiger charge is 2.35. The van der Waals surface area contributed by atoms with Crippen LogP contribution in [0.1, 0.15) is 36.2 Å². The number of aromatic nitrogens is 3. The standard InChI is InChI=1S/C19H22FN5O2S/c1-3-15-21-19-25(22-15)18(27)17(28-19)16(13-4-6-14(20)7-5-13)24-10-8-23(9-11-24)12(2)26/h4-7,16,27H,3,8-11H2,1-2H3/p+1/t16-/m0/s1. The topological polar surface area (TPSA) is 75.2 Å². The SMILES string of the molecule is CCc1nc2sc([C@H](c3ccc(F)cc3)[NH+]3CCN(C(C)=O)CC3)c(O)n2n1. The highest BCUT2D eigenvalue weighted by atomic mass is 32.1. The van der Waals surface area contributed by atoms with Gasteiger partial charge in [-0.15, -0.1) is 5.10 Å². The molecule has 9 heteroatoms. The molecule has 0 aliphatic carbocycles.